The summed E-state index contributed by atoms with van der Waals surface area (Å²) in [4.78, 5) is 0.926. The lowest BCUT2D eigenvalue weighted by molar-refractivity contribution is 0.298. The summed E-state index contributed by atoms with van der Waals surface area (Å²) >= 11 is 4.35. The molecule has 1 rings (SSSR count). The minimum atomic E-state index is 0.811. The van der Waals surface area contributed by atoms with E-state index >= 15 is 0 Å². The van der Waals surface area contributed by atoms with Crippen molar-refractivity contribution in [3.8, 4) is 5.75 Å². The topological polar surface area (TPSA) is 9.23 Å². The summed E-state index contributed by atoms with van der Waals surface area (Å²) in [5, 5.41) is 0. The third-order valence-electron chi connectivity index (χ3n) is 2.87. The number of benzene rings is 1. The zero-order valence-corrected chi connectivity index (χ0v) is 11.7. The van der Waals surface area contributed by atoms with E-state index in [9.17, 15) is 0 Å². The SMILES string of the molecule is CCCCCCCCCOc1ccccc1S. The van der Waals surface area contributed by atoms with Gasteiger partial charge in [-0.2, -0.15) is 0 Å². The molecule has 0 atom stereocenters. The van der Waals surface area contributed by atoms with E-state index in [1.807, 2.05) is 24.3 Å². The Labute approximate surface area is 111 Å². The molecule has 0 heterocycles. The molecule has 0 unspecified atom stereocenters. The molecule has 0 N–H and O–H groups in total. The molecule has 0 amide bonds. The molecule has 0 saturated heterocycles. The smallest absolute Gasteiger partial charge is 0.132 e. The maximum atomic E-state index is 5.69. The third kappa shape index (κ3) is 6.62. The third-order valence-corrected chi connectivity index (χ3v) is 3.24. The standard InChI is InChI=1S/C15H24OS/c1-2-3-4-5-6-7-10-13-16-14-11-8-9-12-15(14)17/h8-9,11-12,17H,2-7,10,13H2,1H3. The average molecular weight is 252 g/mol. The molecular formula is C15H24OS. The van der Waals surface area contributed by atoms with Gasteiger partial charge in [-0.3, -0.25) is 0 Å². The van der Waals surface area contributed by atoms with Gasteiger partial charge in [-0.15, -0.1) is 12.6 Å². The molecule has 0 spiro atoms. The van der Waals surface area contributed by atoms with Crippen LogP contribution in [-0.4, -0.2) is 6.61 Å². The highest BCUT2D eigenvalue weighted by atomic mass is 32.1. The molecule has 0 aromatic heterocycles. The lowest BCUT2D eigenvalue weighted by Crippen LogP contribution is -1.97. The average Bonchev–Trinajstić information content (AvgIpc) is 2.35. The lowest BCUT2D eigenvalue weighted by Gasteiger charge is -2.07. The first-order valence-electron chi connectivity index (χ1n) is 6.75. The van der Waals surface area contributed by atoms with Crippen molar-refractivity contribution in [1.82, 2.24) is 0 Å². The second kappa shape index (κ2) is 9.41. The Morgan fingerprint density at radius 1 is 0.941 bits per heavy atom. The fraction of sp³-hybridized carbons (Fsp3) is 0.600. The molecule has 0 bridgehead atoms. The molecule has 0 saturated carbocycles. The molecule has 2 heteroatoms. The number of ether oxygens (including phenoxy) is 1. The van der Waals surface area contributed by atoms with E-state index in [1.165, 1.54) is 38.5 Å². The molecule has 96 valence electrons. The maximum Gasteiger partial charge on any atom is 0.132 e. The molecule has 1 nitrogen and oxygen atoms in total. The highest BCUT2D eigenvalue weighted by Gasteiger charge is 1.97. The Morgan fingerprint density at radius 3 is 2.29 bits per heavy atom. The van der Waals surface area contributed by atoms with Crippen molar-refractivity contribution in [3.63, 3.8) is 0 Å². The first-order valence-corrected chi connectivity index (χ1v) is 7.20. The molecule has 0 fully saturated rings. The van der Waals surface area contributed by atoms with Gasteiger partial charge in [0.05, 0.1) is 6.61 Å². The van der Waals surface area contributed by atoms with E-state index in [2.05, 4.69) is 19.6 Å². The summed E-state index contributed by atoms with van der Waals surface area (Å²) in [7, 11) is 0. The van der Waals surface area contributed by atoms with Gasteiger partial charge in [0.15, 0.2) is 0 Å². The van der Waals surface area contributed by atoms with Crippen LogP contribution in [0.2, 0.25) is 0 Å². The molecule has 17 heavy (non-hydrogen) atoms. The van der Waals surface area contributed by atoms with Gasteiger partial charge in [0, 0.05) is 4.90 Å². The number of para-hydroxylation sites is 1. The van der Waals surface area contributed by atoms with Crippen LogP contribution in [0.5, 0.6) is 5.75 Å². The van der Waals surface area contributed by atoms with Crippen molar-refractivity contribution in [3.05, 3.63) is 24.3 Å². The fourth-order valence-electron chi connectivity index (χ4n) is 1.82. The van der Waals surface area contributed by atoms with Gasteiger partial charge < -0.3 is 4.74 Å². The van der Waals surface area contributed by atoms with E-state index in [0.29, 0.717) is 0 Å². The first kappa shape index (κ1) is 14.4. The van der Waals surface area contributed by atoms with Crippen LogP contribution >= 0.6 is 12.6 Å². The molecule has 0 aliphatic rings. The predicted molar refractivity (Wildman–Crippen MR) is 77.2 cm³/mol. The van der Waals surface area contributed by atoms with Crippen molar-refractivity contribution < 1.29 is 4.74 Å². The molecule has 1 aromatic carbocycles. The van der Waals surface area contributed by atoms with E-state index < -0.39 is 0 Å². The summed E-state index contributed by atoms with van der Waals surface area (Å²) < 4.78 is 5.69. The van der Waals surface area contributed by atoms with E-state index in [4.69, 9.17) is 4.74 Å². The number of thiol groups is 1. The summed E-state index contributed by atoms with van der Waals surface area (Å²) in [5.41, 5.74) is 0. The van der Waals surface area contributed by atoms with E-state index in [0.717, 1.165) is 23.7 Å². The summed E-state index contributed by atoms with van der Waals surface area (Å²) in [6.45, 7) is 3.06. The second-order valence-corrected chi connectivity index (χ2v) is 4.92. The number of hydrogen-bond acceptors (Lipinski definition) is 2. The van der Waals surface area contributed by atoms with Gasteiger partial charge in [-0.1, -0.05) is 57.6 Å². The van der Waals surface area contributed by atoms with Gasteiger partial charge in [0.25, 0.3) is 0 Å². The van der Waals surface area contributed by atoms with E-state index in [-0.39, 0.29) is 0 Å². The maximum absolute atomic E-state index is 5.69. The van der Waals surface area contributed by atoms with Gasteiger partial charge in [0.1, 0.15) is 5.75 Å². The van der Waals surface area contributed by atoms with Crippen LogP contribution < -0.4 is 4.74 Å². The van der Waals surface area contributed by atoms with Gasteiger partial charge >= 0.3 is 0 Å². The van der Waals surface area contributed by atoms with Crippen molar-refractivity contribution in [2.24, 2.45) is 0 Å². The first-order chi connectivity index (χ1) is 8.34. The molecule has 0 radical (unpaired) electrons. The summed E-state index contributed by atoms with van der Waals surface area (Å²) in [5.74, 6) is 0.904. The minimum Gasteiger partial charge on any atom is -0.492 e. The minimum absolute atomic E-state index is 0.811. The van der Waals surface area contributed by atoms with Crippen molar-refractivity contribution in [1.29, 1.82) is 0 Å². The number of unbranched alkanes of at least 4 members (excludes halogenated alkanes) is 6. The monoisotopic (exact) mass is 252 g/mol. The van der Waals surface area contributed by atoms with Gasteiger partial charge in [-0.25, -0.2) is 0 Å². The van der Waals surface area contributed by atoms with Crippen molar-refractivity contribution in [2.45, 2.75) is 56.8 Å². The van der Waals surface area contributed by atoms with Crippen LogP contribution in [0.4, 0.5) is 0 Å². The van der Waals surface area contributed by atoms with E-state index in [1.54, 1.807) is 0 Å². The zero-order chi connectivity index (χ0) is 12.3. The Hall–Kier alpha value is -0.630. The normalized spacial score (nSPS) is 10.5. The molecule has 0 aliphatic heterocycles. The Balaban J connectivity index is 1.99. The van der Waals surface area contributed by atoms with Gasteiger partial charge in [0.2, 0.25) is 0 Å². The molecule has 0 aliphatic carbocycles. The van der Waals surface area contributed by atoms with Gasteiger partial charge in [-0.05, 0) is 18.6 Å². The second-order valence-electron chi connectivity index (χ2n) is 4.44. The summed E-state index contributed by atoms with van der Waals surface area (Å²) in [6.07, 6.45) is 9.22. The fourth-order valence-corrected chi connectivity index (χ4v) is 2.05. The van der Waals surface area contributed by atoms with Crippen LogP contribution in [0.15, 0.2) is 29.2 Å². The lowest BCUT2D eigenvalue weighted by atomic mass is 10.1. The largest absolute Gasteiger partial charge is 0.492 e. The van der Waals surface area contributed by atoms with Crippen LogP contribution in [0.3, 0.4) is 0 Å². The number of hydrogen-bond donors (Lipinski definition) is 1. The Bertz CT molecular complexity index is 299. The Kier molecular flexibility index (Phi) is 7.98. The van der Waals surface area contributed by atoms with Crippen molar-refractivity contribution in [2.75, 3.05) is 6.61 Å². The van der Waals surface area contributed by atoms with Crippen LogP contribution in [-0.2, 0) is 0 Å². The predicted octanol–water partition coefficient (Wildman–Crippen LogP) is 5.10. The number of rotatable bonds is 9. The Morgan fingerprint density at radius 2 is 1.59 bits per heavy atom. The van der Waals surface area contributed by atoms with Crippen molar-refractivity contribution >= 4 is 12.6 Å². The highest BCUT2D eigenvalue weighted by Crippen LogP contribution is 2.21. The zero-order valence-electron chi connectivity index (χ0n) is 10.8. The van der Waals surface area contributed by atoms with Crippen LogP contribution in [0, 0.1) is 0 Å². The highest BCUT2D eigenvalue weighted by molar-refractivity contribution is 7.80. The van der Waals surface area contributed by atoms with Crippen LogP contribution in [0.1, 0.15) is 51.9 Å². The summed E-state index contributed by atoms with van der Waals surface area (Å²) in [6, 6.07) is 7.90. The molecule has 1 aromatic rings. The quantitative estimate of drug-likeness (QED) is 0.475. The molecular weight excluding hydrogens is 228 g/mol. The van der Waals surface area contributed by atoms with Crippen LogP contribution in [0.25, 0.3) is 0 Å².